The number of amides is 2. The Balaban J connectivity index is 1.50. The number of benzene rings is 1. The summed E-state index contributed by atoms with van der Waals surface area (Å²) < 4.78 is 19.7. The smallest absolute Gasteiger partial charge is 0.269 e. The summed E-state index contributed by atoms with van der Waals surface area (Å²) in [6, 6.07) is 7.67. The third-order valence-electron chi connectivity index (χ3n) is 5.74. The van der Waals surface area contributed by atoms with Crippen molar-refractivity contribution in [2.45, 2.75) is 27.7 Å². The van der Waals surface area contributed by atoms with Crippen LogP contribution in [0.5, 0.6) is 0 Å². The van der Waals surface area contributed by atoms with E-state index in [1.807, 2.05) is 32.6 Å². The van der Waals surface area contributed by atoms with Crippen LogP contribution in [0.3, 0.4) is 0 Å². The lowest BCUT2D eigenvalue weighted by molar-refractivity contribution is 0.0933. The van der Waals surface area contributed by atoms with Gasteiger partial charge in [0.25, 0.3) is 11.8 Å². The highest BCUT2D eigenvalue weighted by molar-refractivity contribution is 6.05. The second-order valence-corrected chi connectivity index (χ2v) is 10.0. The van der Waals surface area contributed by atoms with Gasteiger partial charge in [0.05, 0.1) is 30.8 Å². The third-order valence-corrected chi connectivity index (χ3v) is 5.74. The Morgan fingerprint density at radius 2 is 1.86 bits per heavy atom. The van der Waals surface area contributed by atoms with Crippen molar-refractivity contribution in [2.75, 3.05) is 43.1 Å². The molecule has 36 heavy (non-hydrogen) atoms. The summed E-state index contributed by atoms with van der Waals surface area (Å²) in [5, 5.41) is 12.7. The molecule has 0 bridgehead atoms. The highest BCUT2D eigenvalue weighted by atomic mass is 19.1. The number of aromatic nitrogens is 3. The number of ether oxygens (including phenoxy) is 1. The molecule has 0 saturated carbocycles. The normalized spacial score (nSPS) is 14.0. The van der Waals surface area contributed by atoms with Gasteiger partial charge < -0.3 is 20.3 Å². The third kappa shape index (κ3) is 6.25. The van der Waals surface area contributed by atoms with Gasteiger partial charge in [-0.25, -0.2) is 4.39 Å². The maximum Gasteiger partial charge on any atom is 0.269 e. The molecule has 1 aliphatic rings. The summed E-state index contributed by atoms with van der Waals surface area (Å²) in [5.41, 5.74) is 3.43. The lowest BCUT2D eigenvalue weighted by Crippen LogP contribution is -2.36. The van der Waals surface area contributed by atoms with E-state index in [4.69, 9.17) is 4.74 Å². The van der Waals surface area contributed by atoms with Crippen molar-refractivity contribution in [1.82, 2.24) is 20.5 Å². The van der Waals surface area contributed by atoms with E-state index in [0.29, 0.717) is 66.9 Å². The van der Waals surface area contributed by atoms with Crippen molar-refractivity contribution in [2.24, 2.45) is 5.41 Å². The average Bonchev–Trinajstić information content (AvgIpc) is 3.33. The fourth-order valence-electron chi connectivity index (χ4n) is 3.79. The van der Waals surface area contributed by atoms with E-state index in [1.54, 1.807) is 18.2 Å². The summed E-state index contributed by atoms with van der Waals surface area (Å²) in [7, 11) is 0. The summed E-state index contributed by atoms with van der Waals surface area (Å²) in [6.07, 6.45) is 1.53. The van der Waals surface area contributed by atoms with Crippen molar-refractivity contribution in [3.05, 3.63) is 59.3 Å². The fraction of sp³-hybridized carbons (Fsp3) is 0.385. The van der Waals surface area contributed by atoms with Crippen LogP contribution < -0.4 is 15.5 Å². The van der Waals surface area contributed by atoms with Crippen molar-refractivity contribution >= 4 is 23.2 Å². The number of nitrogens with zero attached hydrogens (tertiary/aromatic N) is 3. The Morgan fingerprint density at radius 3 is 2.58 bits per heavy atom. The first-order chi connectivity index (χ1) is 17.1. The highest BCUT2D eigenvalue weighted by Gasteiger charge is 2.18. The number of hydrogen-bond acceptors (Lipinski definition) is 6. The molecule has 1 aromatic carbocycles. The molecule has 4 rings (SSSR count). The van der Waals surface area contributed by atoms with Crippen LogP contribution in [-0.2, 0) is 4.74 Å². The van der Waals surface area contributed by atoms with Crippen LogP contribution in [0.2, 0.25) is 0 Å². The number of H-pyrrole nitrogens is 1. The zero-order valence-corrected chi connectivity index (χ0v) is 20.9. The van der Waals surface area contributed by atoms with Gasteiger partial charge in [-0.1, -0.05) is 20.8 Å². The quantitative estimate of drug-likeness (QED) is 0.481. The molecule has 10 heteroatoms. The molecule has 9 nitrogen and oxygen atoms in total. The van der Waals surface area contributed by atoms with Gasteiger partial charge in [-0.15, -0.1) is 0 Å². The van der Waals surface area contributed by atoms with E-state index in [0.717, 1.165) is 0 Å². The molecule has 1 saturated heterocycles. The van der Waals surface area contributed by atoms with Gasteiger partial charge in [0.15, 0.2) is 0 Å². The molecule has 190 valence electrons. The van der Waals surface area contributed by atoms with Gasteiger partial charge in [0.1, 0.15) is 11.5 Å². The van der Waals surface area contributed by atoms with Crippen LogP contribution in [0.25, 0.3) is 11.3 Å². The minimum Gasteiger partial charge on any atom is -0.378 e. The molecular weight excluding hydrogens is 463 g/mol. The molecule has 1 aliphatic heterocycles. The Hall–Kier alpha value is -3.79. The number of aromatic amines is 1. The van der Waals surface area contributed by atoms with Crippen LogP contribution in [0.1, 0.15) is 47.3 Å². The molecule has 3 heterocycles. The number of carbonyl (C=O) groups excluding carboxylic acids is 2. The summed E-state index contributed by atoms with van der Waals surface area (Å²) in [4.78, 5) is 31.8. The average molecular weight is 495 g/mol. The lowest BCUT2D eigenvalue weighted by atomic mass is 9.97. The molecule has 0 atom stereocenters. The summed E-state index contributed by atoms with van der Waals surface area (Å²) >= 11 is 0. The Kier molecular flexibility index (Phi) is 7.35. The Labute approximate surface area is 209 Å². The number of aryl methyl sites for hydroxylation is 1. The standard InChI is InChI=1S/C26H31FN6O3/c1-16-21(22-13-23(32-31-22)25(35)29-15-26(2,3)4)12-19(14-28-16)30-24(34)17-9-18(27)11-20(10-17)33-5-7-36-8-6-33/h9-14H,5-8,15H2,1-4H3,(H,29,35)(H,30,34)(H,31,32). The molecule has 0 unspecified atom stereocenters. The monoisotopic (exact) mass is 494 g/mol. The van der Waals surface area contributed by atoms with Gasteiger partial charge in [0, 0.05) is 42.1 Å². The van der Waals surface area contributed by atoms with Crippen LogP contribution in [0.4, 0.5) is 15.8 Å². The van der Waals surface area contributed by atoms with Crippen molar-refractivity contribution in [3.63, 3.8) is 0 Å². The zero-order valence-electron chi connectivity index (χ0n) is 20.9. The molecule has 3 N–H and O–H groups in total. The number of halogens is 1. The van der Waals surface area contributed by atoms with Gasteiger partial charge in [-0.2, -0.15) is 5.10 Å². The van der Waals surface area contributed by atoms with Gasteiger partial charge in [-0.05, 0) is 42.7 Å². The predicted octanol–water partition coefficient (Wildman–Crippen LogP) is 3.78. The number of morpholine rings is 1. The lowest BCUT2D eigenvalue weighted by Gasteiger charge is -2.29. The number of anilines is 2. The molecule has 3 aromatic rings. The largest absolute Gasteiger partial charge is 0.378 e. The predicted molar refractivity (Wildman–Crippen MR) is 136 cm³/mol. The van der Waals surface area contributed by atoms with Crippen LogP contribution in [0, 0.1) is 18.2 Å². The fourth-order valence-corrected chi connectivity index (χ4v) is 3.79. The number of rotatable bonds is 6. The van der Waals surface area contributed by atoms with E-state index >= 15 is 0 Å². The zero-order chi connectivity index (χ0) is 25.9. The Morgan fingerprint density at radius 1 is 1.11 bits per heavy atom. The van der Waals surface area contributed by atoms with Crippen molar-refractivity contribution in [1.29, 1.82) is 0 Å². The van der Waals surface area contributed by atoms with Crippen molar-refractivity contribution in [3.8, 4) is 11.3 Å². The first-order valence-electron chi connectivity index (χ1n) is 11.8. The van der Waals surface area contributed by atoms with Crippen LogP contribution >= 0.6 is 0 Å². The SMILES string of the molecule is Cc1ncc(NC(=O)c2cc(F)cc(N3CCOCC3)c2)cc1-c1cc(C(=O)NCC(C)(C)C)[nH]n1. The summed E-state index contributed by atoms with van der Waals surface area (Å²) in [6.45, 7) is 10.8. The number of hydrogen-bond donors (Lipinski definition) is 3. The van der Waals surface area contributed by atoms with E-state index < -0.39 is 11.7 Å². The van der Waals surface area contributed by atoms with Crippen LogP contribution in [0.15, 0.2) is 36.5 Å². The van der Waals surface area contributed by atoms with Crippen LogP contribution in [-0.4, -0.2) is 59.8 Å². The molecular formula is C26H31FN6O3. The minimum atomic E-state index is -0.486. The minimum absolute atomic E-state index is 0.0455. The van der Waals surface area contributed by atoms with Gasteiger partial charge in [-0.3, -0.25) is 19.7 Å². The maximum atomic E-state index is 14.3. The second-order valence-electron chi connectivity index (χ2n) is 10.0. The first kappa shape index (κ1) is 25.3. The molecule has 2 aromatic heterocycles. The van der Waals surface area contributed by atoms with Crippen molar-refractivity contribution < 1.29 is 18.7 Å². The highest BCUT2D eigenvalue weighted by Crippen LogP contribution is 2.25. The molecule has 0 radical (unpaired) electrons. The first-order valence-corrected chi connectivity index (χ1v) is 11.8. The number of carbonyl (C=O) groups is 2. The summed E-state index contributed by atoms with van der Waals surface area (Å²) in [5.74, 6) is -1.19. The van der Waals surface area contributed by atoms with Gasteiger partial charge in [0.2, 0.25) is 0 Å². The number of nitrogens with one attached hydrogen (secondary N) is 3. The molecule has 2 amide bonds. The molecule has 1 fully saturated rings. The molecule has 0 aliphatic carbocycles. The van der Waals surface area contributed by atoms with Gasteiger partial charge >= 0.3 is 0 Å². The second kappa shape index (κ2) is 10.4. The molecule has 0 spiro atoms. The van der Waals surface area contributed by atoms with E-state index in [2.05, 4.69) is 25.8 Å². The van der Waals surface area contributed by atoms with E-state index in [9.17, 15) is 14.0 Å². The maximum absolute atomic E-state index is 14.3. The Bertz CT molecular complexity index is 1260. The van der Waals surface area contributed by atoms with E-state index in [1.165, 1.54) is 18.3 Å². The van der Waals surface area contributed by atoms with E-state index in [-0.39, 0.29) is 16.9 Å². The topological polar surface area (TPSA) is 112 Å². The number of pyridine rings is 1.